The van der Waals surface area contributed by atoms with Crippen molar-refractivity contribution in [3.63, 3.8) is 0 Å². The molecular weight excluding hydrogens is 288 g/mol. The van der Waals surface area contributed by atoms with Crippen LogP contribution in [0.2, 0.25) is 0 Å². The van der Waals surface area contributed by atoms with Gasteiger partial charge in [-0.2, -0.15) is 0 Å². The van der Waals surface area contributed by atoms with Crippen molar-refractivity contribution < 1.29 is 14.3 Å². The van der Waals surface area contributed by atoms with E-state index < -0.39 is 0 Å². The minimum absolute atomic E-state index is 0.00483. The molecule has 2 rings (SSSR count). The summed E-state index contributed by atoms with van der Waals surface area (Å²) in [6, 6.07) is 5.26. The van der Waals surface area contributed by atoms with Crippen molar-refractivity contribution in [1.29, 1.82) is 0 Å². The second kappa shape index (κ2) is 6.13. The van der Waals surface area contributed by atoms with E-state index in [1.807, 2.05) is 25.1 Å². The van der Waals surface area contributed by atoms with Gasteiger partial charge in [0.15, 0.2) is 22.4 Å². The van der Waals surface area contributed by atoms with Crippen LogP contribution in [0.15, 0.2) is 29.5 Å². The van der Waals surface area contributed by atoms with Crippen molar-refractivity contribution in [1.82, 2.24) is 10.6 Å². The van der Waals surface area contributed by atoms with Gasteiger partial charge >= 0.3 is 0 Å². The lowest BCUT2D eigenvalue weighted by Crippen LogP contribution is -2.44. The zero-order chi connectivity index (χ0) is 15.6. The largest absolute Gasteiger partial charge is 0.493 e. The first kappa shape index (κ1) is 15.3. The summed E-state index contributed by atoms with van der Waals surface area (Å²) in [5.41, 5.74) is 2.32. The third-order valence-corrected chi connectivity index (χ3v) is 3.61. The number of carbonyl (C=O) groups excluding carboxylic acids is 1. The van der Waals surface area contributed by atoms with Gasteiger partial charge in [-0.3, -0.25) is 4.79 Å². The average Bonchev–Trinajstić information content (AvgIpc) is 2.45. The van der Waals surface area contributed by atoms with E-state index in [0.717, 1.165) is 11.3 Å². The molecule has 1 aliphatic rings. The monoisotopic (exact) mass is 306 g/mol. The fraction of sp³-hybridized carbons (Fsp3) is 0.333. The standard InChI is InChI=1S/C15H18N2O3S/c1-8-13(9(2)18)14(17-15(21)16-8)10-5-6-11(19-3)12(7-10)20-4/h5-7,14H,1-4H3,(H2,16,17,21). The number of ketones is 1. The Labute approximate surface area is 129 Å². The molecule has 5 nitrogen and oxygen atoms in total. The van der Waals surface area contributed by atoms with Gasteiger partial charge in [0.25, 0.3) is 0 Å². The fourth-order valence-electron chi connectivity index (χ4n) is 2.44. The summed E-state index contributed by atoms with van der Waals surface area (Å²) in [7, 11) is 3.16. The number of thiocarbonyl (C=S) groups is 1. The summed E-state index contributed by atoms with van der Waals surface area (Å²) in [6.45, 7) is 3.39. The Balaban J connectivity index is 2.50. The summed E-state index contributed by atoms with van der Waals surface area (Å²) in [5, 5.41) is 6.61. The van der Waals surface area contributed by atoms with E-state index >= 15 is 0 Å². The molecule has 6 heteroatoms. The molecule has 0 bridgehead atoms. The normalized spacial score (nSPS) is 17.9. The number of nitrogens with one attached hydrogen (secondary N) is 2. The molecule has 21 heavy (non-hydrogen) atoms. The highest BCUT2D eigenvalue weighted by Gasteiger charge is 2.28. The van der Waals surface area contributed by atoms with Gasteiger partial charge in [0.1, 0.15) is 0 Å². The summed E-state index contributed by atoms with van der Waals surface area (Å²) in [4.78, 5) is 11.9. The minimum Gasteiger partial charge on any atom is -0.493 e. The smallest absolute Gasteiger partial charge is 0.171 e. The van der Waals surface area contributed by atoms with Gasteiger partial charge in [0, 0.05) is 11.3 Å². The minimum atomic E-state index is -0.295. The maximum absolute atomic E-state index is 11.9. The molecule has 0 fully saturated rings. The van der Waals surface area contributed by atoms with Crippen LogP contribution in [0.1, 0.15) is 25.5 Å². The number of hydrogen-bond acceptors (Lipinski definition) is 4. The summed E-state index contributed by atoms with van der Waals surface area (Å²) in [6.07, 6.45) is 0. The Morgan fingerprint density at radius 1 is 1.24 bits per heavy atom. The molecule has 1 heterocycles. The van der Waals surface area contributed by atoms with Crippen LogP contribution in [0.3, 0.4) is 0 Å². The lowest BCUT2D eigenvalue weighted by atomic mass is 9.93. The Morgan fingerprint density at radius 2 is 1.90 bits per heavy atom. The first-order valence-electron chi connectivity index (χ1n) is 6.49. The first-order valence-corrected chi connectivity index (χ1v) is 6.90. The topological polar surface area (TPSA) is 59.6 Å². The number of carbonyl (C=O) groups is 1. The van der Waals surface area contributed by atoms with Crippen LogP contribution < -0.4 is 20.1 Å². The molecule has 0 aromatic heterocycles. The number of rotatable bonds is 4. The molecule has 0 spiro atoms. The SMILES string of the molecule is COc1ccc(C2NC(=S)NC(C)=C2C(C)=O)cc1OC. The highest BCUT2D eigenvalue weighted by atomic mass is 32.1. The summed E-state index contributed by atoms with van der Waals surface area (Å²) in [5.74, 6) is 1.25. The third kappa shape index (κ3) is 3.00. The molecule has 0 radical (unpaired) electrons. The van der Waals surface area contributed by atoms with Crippen LogP contribution in [0.4, 0.5) is 0 Å². The van der Waals surface area contributed by atoms with Gasteiger partial charge in [-0.1, -0.05) is 6.07 Å². The van der Waals surface area contributed by atoms with Crippen molar-refractivity contribution in [3.05, 3.63) is 35.0 Å². The summed E-state index contributed by atoms with van der Waals surface area (Å²) < 4.78 is 10.5. The van der Waals surface area contributed by atoms with E-state index in [4.69, 9.17) is 21.7 Å². The second-order valence-corrected chi connectivity index (χ2v) is 5.15. The number of methoxy groups -OCH3 is 2. The van der Waals surface area contributed by atoms with Gasteiger partial charge in [-0.15, -0.1) is 0 Å². The quantitative estimate of drug-likeness (QED) is 0.831. The average molecular weight is 306 g/mol. The molecule has 1 unspecified atom stereocenters. The predicted molar refractivity (Wildman–Crippen MR) is 84.5 cm³/mol. The molecule has 0 aliphatic carbocycles. The molecule has 1 aliphatic heterocycles. The maximum atomic E-state index is 11.9. The van der Waals surface area contributed by atoms with Crippen LogP contribution >= 0.6 is 12.2 Å². The van der Waals surface area contributed by atoms with E-state index in [0.29, 0.717) is 22.2 Å². The number of hydrogen-bond donors (Lipinski definition) is 2. The van der Waals surface area contributed by atoms with Crippen LogP contribution in [0.25, 0.3) is 0 Å². The van der Waals surface area contributed by atoms with E-state index in [2.05, 4.69) is 10.6 Å². The van der Waals surface area contributed by atoms with Crippen molar-refractivity contribution in [3.8, 4) is 11.5 Å². The first-order chi connectivity index (χ1) is 9.97. The van der Waals surface area contributed by atoms with Crippen LogP contribution in [-0.4, -0.2) is 25.1 Å². The van der Waals surface area contributed by atoms with Crippen molar-refractivity contribution in [2.75, 3.05) is 14.2 Å². The van der Waals surface area contributed by atoms with E-state index in [9.17, 15) is 4.79 Å². The van der Waals surface area contributed by atoms with Crippen LogP contribution in [-0.2, 0) is 4.79 Å². The Hall–Kier alpha value is -2.08. The lowest BCUT2D eigenvalue weighted by molar-refractivity contribution is -0.114. The lowest BCUT2D eigenvalue weighted by Gasteiger charge is -2.30. The number of allylic oxidation sites excluding steroid dienone is 1. The maximum Gasteiger partial charge on any atom is 0.171 e. The molecule has 1 aromatic carbocycles. The molecule has 1 aromatic rings. The van der Waals surface area contributed by atoms with E-state index in [1.165, 1.54) is 0 Å². The molecule has 0 saturated carbocycles. The Bertz CT molecular complexity index is 625. The van der Waals surface area contributed by atoms with E-state index in [-0.39, 0.29) is 11.8 Å². The molecule has 2 N–H and O–H groups in total. The van der Waals surface area contributed by atoms with Gasteiger partial charge in [-0.25, -0.2) is 0 Å². The van der Waals surface area contributed by atoms with E-state index in [1.54, 1.807) is 21.1 Å². The number of benzene rings is 1. The zero-order valence-electron chi connectivity index (χ0n) is 12.4. The third-order valence-electron chi connectivity index (χ3n) is 3.39. The Morgan fingerprint density at radius 3 is 2.48 bits per heavy atom. The van der Waals surface area contributed by atoms with Crippen LogP contribution in [0.5, 0.6) is 11.5 Å². The fourth-order valence-corrected chi connectivity index (χ4v) is 2.71. The van der Waals surface area contributed by atoms with Gasteiger partial charge in [-0.05, 0) is 43.8 Å². The molecule has 1 atom stereocenters. The van der Waals surface area contributed by atoms with Crippen molar-refractivity contribution in [2.45, 2.75) is 19.9 Å². The molecule has 0 amide bonds. The van der Waals surface area contributed by atoms with Gasteiger partial charge < -0.3 is 20.1 Å². The Kier molecular flexibility index (Phi) is 4.47. The molecule has 112 valence electrons. The van der Waals surface area contributed by atoms with Gasteiger partial charge in [0.2, 0.25) is 0 Å². The van der Waals surface area contributed by atoms with Crippen molar-refractivity contribution >= 4 is 23.1 Å². The highest BCUT2D eigenvalue weighted by molar-refractivity contribution is 7.80. The van der Waals surface area contributed by atoms with Gasteiger partial charge in [0.05, 0.1) is 20.3 Å². The second-order valence-electron chi connectivity index (χ2n) is 4.74. The highest BCUT2D eigenvalue weighted by Crippen LogP contribution is 2.34. The number of Topliss-reactive ketones (excluding diaryl/α,β-unsaturated/α-hetero) is 1. The molecule has 0 saturated heterocycles. The summed E-state index contributed by atoms with van der Waals surface area (Å²) >= 11 is 5.19. The molecular formula is C15H18N2O3S. The number of ether oxygens (including phenoxy) is 2. The zero-order valence-corrected chi connectivity index (χ0v) is 13.3. The van der Waals surface area contributed by atoms with Crippen molar-refractivity contribution in [2.24, 2.45) is 0 Å². The predicted octanol–water partition coefficient (Wildman–Crippen LogP) is 2.09. The van der Waals surface area contributed by atoms with Crippen LogP contribution in [0, 0.1) is 0 Å².